The maximum Gasteiger partial charge on any atom is 0.264 e. The fourth-order valence-electron chi connectivity index (χ4n) is 6.26. The molecular weight excluding hydrogens is 480 g/mol. The highest BCUT2D eigenvalue weighted by Crippen LogP contribution is 2.50. The van der Waals surface area contributed by atoms with Gasteiger partial charge in [-0.25, -0.2) is 4.98 Å². The van der Waals surface area contributed by atoms with Gasteiger partial charge in [0.25, 0.3) is 5.56 Å². The highest BCUT2D eigenvalue weighted by atomic mass is 16.5. The van der Waals surface area contributed by atoms with Gasteiger partial charge in [0.15, 0.2) is 5.65 Å². The predicted molar refractivity (Wildman–Crippen MR) is 146 cm³/mol. The Hall–Kier alpha value is -4.44. The number of benzene rings is 1. The Kier molecular flexibility index (Phi) is 4.96. The fraction of sp³-hybridized carbons (Fsp3) is 0.286. The van der Waals surface area contributed by atoms with Crippen LogP contribution in [0, 0.1) is 5.41 Å². The number of nitrogens with one attached hydrogen (secondary N) is 3. The summed E-state index contributed by atoms with van der Waals surface area (Å²) in [6, 6.07) is 10.4. The van der Waals surface area contributed by atoms with Crippen molar-refractivity contribution in [3.05, 3.63) is 82.0 Å². The van der Waals surface area contributed by atoms with E-state index in [2.05, 4.69) is 60.9 Å². The zero-order valence-corrected chi connectivity index (χ0v) is 21.0. The van der Waals surface area contributed by atoms with Crippen molar-refractivity contribution in [1.82, 2.24) is 30.1 Å². The average molecular weight is 509 g/mol. The molecule has 1 aliphatic carbocycles. The summed E-state index contributed by atoms with van der Waals surface area (Å²) in [7, 11) is 1.57. The van der Waals surface area contributed by atoms with E-state index in [0.29, 0.717) is 34.1 Å². The van der Waals surface area contributed by atoms with Crippen molar-refractivity contribution in [1.29, 1.82) is 0 Å². The van der Waals surface area contributed by atoms with Crippen LogP contribution >= 0.6 is 0 Å². The smallest absolute Gasteiger partial charge is 0.264 e. The number of pyridine rings is 1. The highest BCUT2D eigenvalue weighted by molar-refractivity contribution is 6.00. The molecule has 5 N–H and O–H groups in total. The first-order valence-electron chi connectivity index (χ1n) is 12.7. The van der Waals surface area contributed by atoms with E-state index in [0.717, 1.165) is 48.8 Å². The third kappa shape index (κ3) is 3.30. The number of fused-ring (bicyclic) bond motifs is 3. The number of nitrogens with zero attached hydrogens (tertiary/aromatic N) is 4. The second kappa shape index (κ2) is 8.29. The van der Waals surface area contributed by atoms with Crippen LogP contribution < -0.4 is 20.9 Å². The first-order valence-corrected chi connectivity index (χ1v) is 12.7. The molecule has 10 heteroatoms. The van der Waals surface area contributed by atoms with Gasteiger partial charge in [0.1, 0.15) is 5.39 Å². The van der Waals surface area contributed by atoms with E-state index in [1.54, 1.807) is 13.3 Å². The molecule has 5 heterocycles. The number of hydrogen-bond donors (Lipinski definition) is 4. The second-order valence-corrected chi connectivity index (χ2v) is 10.3. The van der Waals surface area contributed by atoms with Gasteiger partial charge in [0, 0.05) is 47.9 Å². The van der Waals surface area contributed by atoms with Crippen LogP contribution in [-0.2, 0) is 6.42 Å². The molecule has 5 aromatic rings. The van der Waals surface area contributed by atoms with E-state index >= 15 is 0 Å². The minimum Gasteiger partial charge on any atom is -0.481 e. The van der Waals surface area contributed by atoms with Crippen molar-refractivity contribution in [2.45, 2.75) is 25.3 Å². The van der Waals surface area contributed by atoms with E-state index < -0.39 is 0 Å². The number of methoxy groups -OCH3 is 1. The summed E-state index contributed by atoms with van der Waals surface area (Å²) < 4.78 is 5.28. The lowest BCUT2D eigenvalue weighted by atomic mass is 9.73. The number of anilines is 1. The maximum absolute atomic E-state index is 13.3. The Balaban J connectivity index is 1.17. The zero-order chi connectivity index (χ0) is 26.0. The molecule has 1 atom stereocenters. The number of hydrogen-bond acceptors (Lipinski definition) is 7. The Morgan fingerprint density at radius 3 is 2.87 bits per heavy atom. The SMILES string of the molecule is C=C(c1c[nH]c2cnc(OC)cc12)c1[nH]nc2nc(N3CCC4(CC3)Cc3ccccc3[C@H]4N)[nH]c(=O)c12. The second-order valence-electron chi connectivity index (χ2n) is 10.3. The predicted octanol–water partition coefficient (Wildman–Crippen LogP) is 3.44. The molecule has 0 bridgehead atoms. The van der Waals surface area contributed by atoms with Crippen LogP contribution in [0.4, 0.5) is 5.95 Å². The zero-order valence-electron chi connectivity index (χ0n) is 21.0. The van der Waals surface area contributed by atoms with Crippen LogP contribution in [0.1, 0.15) is 41.3 Å². The Morgan fingerprint density at radius 1 is 1.26 bits per heavy atom. The summed E-state index contributed by atoms with van der Waals surface area (Å²) in [5.74, 6) is 1.03. The lowest BCUT2D eigenvalue weighted by Gasteiger charge is -2.42. The van der Waals surface area contributed by atoms with Gasteiger partial charge in [-0.3, -0.25) is 14.9 Å². The third-order valence-corrected chi connectivity index (χ3v) is 8.44. The van der Waals surface area contributed by atoms with E-state index in [-0.39, 0.29) is 17.0 Å². The standard InChI is InChI=1S/C28H28N8O2/c1-15(19-13-30-20-14-31-21(38-2)11-18(19)20)23-22-25(35-34-23)32-27(33-26(22)37)36-9-7-28(8-10-36)12-16-5-3-4-6-17(16)24(28)29/h3-6,11,13-14,24,30H,1,7-10,12,29H2,2H3,(H2,32,33,34,35,37)/t24-/m1/s1. The molecular formula is C28H28N8O2. The average Bonchev–Trinajstić information content (AvgIpc) is 3.63. The van der Waals surface area contributed by atoms with E-state index in [9.17, 15) is 4.79 Å². The molecule has 10 nitrogen and oxygen atoms in total. The number of aromatic nitrogens is 6. The number of nitrogens with two attached hydrogens (primary N) is 1. The molecule has 1 spiro atoms. The summed E-state index contributed by atoms with van der Waals surface area (Å²) in [5, 5.41) is 8.65. The van der Waals surface area contributed by atoms with Gasteiger partial charge >= 0.3 is 0 Å². The third-order valence-electron chi connectivity index (χ3n) is 8.44. The van der Waals surface area contributed by atoms with Gasteiger partial charge < -0.3 is 20.4 Å². The number of piperidine rings is 1. The summed E-state index contributed by atoms with van der Waals surface area (Å²) in [5.41, 5.74) is 12.3. The summed E-state index contributed by atoms with van der Waals surface area (Å²) in [6.07, 6.45) is 6.42. The topological polar surface area (TPSA) is 142 Å². The first kappa shape index (κ1) is 22.7. The van der Waals surface area contributed by atoms with E-state index in [1.165, 1.54) is 11.1 Å². The van der Waals surface area contributed by atoms with Gasteiger partial charge in [-0.05, 0) is 35.8 Å². The van der Waals surface area contributed by atoms with E-state index in [4.69, 9.17) is 15.5 Å². The van der Waals surface area contributed by atoms with Crippen molar-refractivity contribution in [2.75, 3.05) is 25.1 Å². The van der Waals surface area contributed by atoms with Crippen LogP contribution in [0.2, 0.25) is 0 Å². The fourth-order valence-corrected chi connectivity index (χ4v) is 6.26. The molecule has 1 aromatic carbocycles. The number of rotatable bonds is 4. The van der Waals surface area contributed by atoms with Gasteiger partial charge in [-0.15, -0.1) is 0 Å². The van der Waals surface area contributed by atoms with Crippen LogP contribution in [0.15, 0.2) is 54.1 Å². The van der Waals surface area contributed by atoms with Crippen LogP contribution in [-0.4, -0.2) is 50.3 Å². The molecule has 1 fully saturated rings. The maximum atomic E-state index is 13.3. The molecule has 0 amide bonds. The summed E-state index contributed by atoms with van der Waals surface area (Å²) >= 11 is 0. The summed E-state index contributed by atoms with van der Waals surface area (Å²) in [4.78, 5) is 30.6. The van der Waals surface area contributed by atoms with E-state index in [1.807, 2.05) is 12.3 Å². The Bertz CT molecular complexity index is 1770. The molecule has 4 aromatic heterocycles. The highest BCUT2D eigenvalue weighted by Gasteiger charge is 2.46. The normalized spacial score (nSPS) is 18.4. The van der Waals surface area contributed by atoms with Crippen molar-refractivity contribution in [2.24, 2.45) is 11.1 Å². The number of ether oxygens (including phenoxy) is 1. The van der Waals surface area contributed by atoms with Gasteiger partial charge in [0.05, 0.1) is 24.5 Å². The van der Waals surface area contributed by atoms with Gasteiger partial charge in [-0.1, -0.05) is 30.8 Å². The molecule has 1 aliphatic heterocycles. The van der Waals surface area contributed by atoms with Crippen molar-refractivity contribution >= 4 is 33.5 Å². The molecule has 0 saturated carbocycles. The number of H-pyrrole nitrogens is 3. The molecule has 0 unspecified atom stereocenters. The van der Waals surface area contributed by atoms with Crippen molar-refractivity contribution < 1.29 is 4.74 Å². The minimum atomic E-state index is -0.251. The minimum absolute atomic E-state index is 0.0375. The molecule has 38 heavy (non-hydrogen) atoms. The van der Waals surface area contributed by atoms with Gasteiger partial charge in [-0.2, -0.15) is 10.1 Å². The molecule has 7 rings (SSSR count). The van der Waals surface area contributed by atoms with Crippen LogP contribution in [0.5, 0.6) is 5.88 Å². The Labute approximate surface area is 217 Å². The van der Waals surface area contributed by atoms with Crippen LogP contribution in [0.3, 0.4) is 0 Å². The molecule has 0 radical (unpaired) electrons. The monoisotopic (exact) mass is 508 g/mol. The van der Waals surface area contributed by atoms with Gasteiger partial charge in [0.2, 0.25) is 11.8 Å². The van der Waals surface area contributed by atoms with Crippen LogP contribution in [0.25, 0.3) is 27.5 Å². The Morgan fingerprint density at radius 2 is 2.08 bits per heavy atom. The lowest BCUT2D eigenvalue weighted by molar-refractivity contribution is 0.187. The quantitative estimate of drug-likeness (QED) is 0.291. The first-order chi connectivity index (χ1) is 18.5. The lowest BCUT2D eigenvalue weighted by Crippen LogP contribution is -2.45. The molecule has 2 aliphatic rings. The number of aromatic amines is 3. The molecule has 192 valence electrons. The largest absolute Gasteiger partial charge is 0.481 e. The molecule has 1 saturated heterocycles. The van der Waals surface area contributed by atoms with Crippen molar-refractivity contribution in [3.8, 4) is 5.88 Å². The summed E-state index contributed by atoms with van der Waals surface area (Å²) in [6.45, 7) is 5.80. The van der Waals surface area contributed by atoms with Crippen molar-refractivity contribution in [3.63, 3.8) is 0 Å².